The van der Waals surface area contributed by atoms with Crippen molar-refractivity contribution in [2.24, 2.45) is 0 Å². The van der Waals surface area contributed by atoms with Crippen molar-refractivity contribution >= 4 is 11.8 Å². The van der Waals surface area contributed by atoms with Gasteiger partial charge in [0.15, 0.2) is 0 Å². The van der Waals surface area contributed by atoms with E-state index in [1.807, 2.05) is 36.4 Å². The van der Waals surface area contributed by atoms with E-state index in [0.717, 1.165) is 11.4 Å². The fraction of sp³-hybridized carbons (Fsp3) is 0.641. The molecule has 0 spiro atoms. The van der Waals surface area contributed by atoms with Crippen LogP contribution in [0.15, 0.2) is 61.2 Å². The Bertz CT molecular complexity index is 1660. The van der Waals surface area contributed by atoms with Crippen LogP contribution in [-0.2, 0) is 68.3 Å². The molecule has 0 bridgehead atoms. The molecular weight excluding hydrogens is 837 g/mol. The number of nitrogens with zero attached hydrogens (tertiary/aromatic N) is 8. The summed E-state index contributed by atoms with van der Waals surface area (Å²) < 4.78 is 36.4. The number of thioether (sulfide) groups is 1. The van der Waals surface area contributed by atoms with Crippen molar-refractivity contribution in [3.05, 3.63) is 84.0 Å². The van der Waals surface area contributed by atoms with Gasteiger partial charge in [0.05, 0.1) is 69.5 Å². The Morgan fingerprint density at radius 2 is 1.05 bits per heavy atom. The molecule has 344 valence electrons. The zero-order chi connectivity index (χ0) is 44.1. The number of aromatic nitrogens is 8. The zero-order valence-electron chi connectivity index (χ0n) is 34.2. The minimum Gasteiger partial charge on any atom is -0.394 e. The summed E-state index contributed by atoms with van der Waals surface area (Å²) in [4.78, 5) is 8.37. The third-order valence-corrected chi connectivity index (χ3v) is 10.9. The second kappa shape index (κ2) is 26.9. The van der Waals surface area contributed by atoms with E-state index < -0.39 is 73.6 Å². The van der Waals surface area contributed by atoms with Gasteiger partial charge in [0.25, 0.3) is 0 Å². The molecule has 2 aliphatic heterocycles. The molecule has 10 unspecified atom stereocenters. The van der Waals surface area contributed by atoms with Gasteiger partial charge in [-0.05, 0) is 55.7 Å². The molecule has 0 saturated carbocycles. The molecule has 0 aliphatic carbocycles. The van der Waals surface area contributed by atoms with Gasteiger partial charge in [-0.2, -0.15) is 0 Å². The highest BCUT2D eigenvalue weighted by Gasteiger charge is 2.44. The van der Waals surface area contributed by atoms with Crippen LogP contribution in [0.2, 0.25) is 0 Å². The average molecular weight is 895 g/mol. The van der Waals surface area contributed by atoms with Crippen molar-refractivity contribution in [1.82, 2.24) is 40.0 Å². The van der Waals surface area contributed by atoms with E-state index in [0.29, 0.717) is 82.5 Å². The SMILES string of the molecule is OCC1OC(CCCCOCn2cc(COCc3ccccn3)nn2)C(O)C(O)C1O.OCC1OC(SCCCOCn2cc(COCc3ccccn3)nn2)C(O)C(O)C1O. The molecule has 8 N–H and O–H groups in total. The van der Waals surface area contributed by atoms with Gasteiger partial charge in [0, 0.05) is 25.6 Å². The lowest BCUT2D eigenvalue weighted by molar-refractivity contribution is -0.230. The highest BCUT2D eigenvalue weighted by atomic mass is 32.2. The van der Waals surface area contributed by atoms with Gasteiger partial charge in [-0.3, -0.25) is 9.97 Å². The van der Waals surface area contributed by atoms with Crippen molar-refractivity contribution in [1.29, 1.82) is 0 Å². The third kappa shape index (κ3) is 15.9. The molecule has 23 heteroatoms. The van der Waals surface area contributed by atoms with Crippen molar-refractivity contribution in [3.63, 3.8) is 0 Å². The number of unbranched alkanes of at least 4 members (excludes halogenated alkanes) is 1. The standard InChI is InChI=1S/C20H30N4O7.C19H28N4O7S/c25-10-17-19(27)20(28)18(26)16(31-17)6-2-4-8-29-13-24-9-15(22-23-24)12-30-11-14-5-1-3-7-21-14;24-9-15-16(25)17(26)18(27)19(30-15)31-7-3-6-28-12-23-8-14(21-22-23)11-29-10-13-4-1-2-5-20-13/h1,3,5,7,9,16-20,25-28H,2,4,6,8,10-13H2;1-2,4-5,8,15-19,24-27H,3,6-7,9-12H2. The lowest BCUT2D eigenvalue weighted by atomic mass is 9.92. The largest absolute Gasteiger partial charge is 0.394 e. The smallest absolute Gasteiger partial charge is 0.141 e. The molecule has 0 aromatic carbocycles. The molecule has 0 amide bonds. The second-order valence-electron chi connectivity index (χ2n) is 14.5. The van der Waals surface area contributed by atoms with Crippen molar-refractivity contribution < 1.29 is 69.3 Å². The first-order valence-corrected chi connectivity index (χ1v) is 21.3. The summed E-state index contributed by atoms with van der Waals surface area (Å²) in [6.07, 6.45) is -0.661. The molecule has 4 aromatic rings. The lowest BCUT2D eigenvalue weighted by Gasteiger charge is -2.40. The van der Waals surface area contributed by atoms with Crippen LogP contribution in [-0.4, -0.2) is 173 Å². The molecule has 2 aliphatic rings. The van der Waals surface area contributed by atoms with Crippen LogP contribution >= 0.6 is 11.8 Å². The van der Waals surface area contributed by atoms with Crippen LogP contribution in [0.25, 0.3) is 0 Å². The Labute approximate surface area is 362 Å². The molecule has 2 saturated heterocycles. The molecule has 6 rings (SSSR count). The molecule has 0 radical (unpaired) electrons. The van der Waals surface area contributed by atoms with Crippen LogP contribution in [0.4, 0.5) is 0 Å². The van der Waals surface area contributed by atoms with Gasteiger partial charge < -0.3 is 69.3 Å². The van der Waals surface area contributed by atoms with Gasteiger partial charge in [-0.15, -0.1) is 22.0 Å². The van der Waals surface area contributed by atoms with Crippen LogP contribution in [0.3, 0.4) is 0 Å². The second-order valence-corrected chi connectivity index (χ2v) is 15.7. The maximum Gasteiger partial charge on any atom is 0.141 e. The summed E-state index contributed by atoms with van der Waals surface area (Å²) in [6.45, 7) is 2.04. The van der Waals surface area contributed by atoms with Crippen molar-refractivity contribution in [3.8, 4) is 0 Å². The van der Waals surface area contributed by atoms with Crippen LogP contribution in [0.1, 0.15) is 48.5 Å². The van der Waals surface area contributed by atoms with E-state index >= 15 is 0 Å². The number of hydrogen-bond donors (Lipinski definition) is 8. The molecule has 10 atom stereocenters. The number of aliphatic hydroxyl groups is 8. The Kier molecular flexibility index (Phi) is 21.4. The topological polar surface area (TPSA) is 304 Å². The highest BCUT2D eigenvalue weighted by Crippen LogP contribution is 2.29. The number of aliphatic hydroxyl groups excluding tert-OH is 8. The molecule has 22 nitrogen and oxygen atoms in total. The number of ether oxygens (including phenoxy) is 6. The van der Waals surface area contributed by atoms with Gasteiger partial charge in [-0.25, -0.2) is 9.36 Å². The molecular formula is C39H58N8O14S. The summed E-state index contributed by atoms with van der Waals surface area (Å²) in [5.74, 6) is 0.604. The fourth-order valence-electron chi connectivity index (χ4n) is 6.27. The van der Waals surface area contributed by atoms with Crippen LogP contribution < -0.4 is 0 Å². The van der Waals surface area contributed by atoms with E-state index in [4.69, 9.17) is 28.4 Å². The average Bonchev–Trinajstić information content (AvgIpc) is 3.96. The summed E-state index contributed by atoms with van der Waals surface area (Å²) in [5, 5.41) is 93.7. The van der Waals surface area contributed by atoms with Crippen LogP contribution in [0.5, 0.6) is 0 Å². The molecule has 62 heavy (non-hydrogen) atoms. The van der Waals surface area contributed by atoms with E-state index in [1.54, 1.807) is 34.2 Å². The Morgan fingerprint density at radius 1 is 0.548 bits per heavy atom. The predicted octanol–water partition coefficient (Wildman–Crippen LogP) is -1.34. The van der Waals surface area contributed by atoms with Crippen molar-refractivity contribution in [2.75, 3.05) is 32.2 Å². The van der Waals surface area contributed by atoms with Gasteiger partial charge in [0.2, 0.25) is 0 Å². The van der Waals surface area contributed by atoms with Gasteiger partial charge in [0.1, 0.15) is 79.1 Å². The maximum absolute atomic E-state index is 10.0. The highest BCUT2D eigenvalue weighted by molar-refractivity contribution is 7.99. The molecule has 2 fully saturated rings. The van der Waals surface area contributed by atoms with Gasteiger partial charge >= 0.3 is 0 Å². The van der Waals surface area contributed by atoms with Crippen LogP contribution in [0, 0.1) is 0 Å². The first-order chi connectivity index (χ1) is 30.2. The summed E-state index contributed by atoms with van der Waals surface area (Å²) in [5.41, 5.74) is 2.36. The normalized spacial score (nSPS) is 26.3. The minimum absolute atomic E-state index is 0.248. The van der Waals surface area contributed by atoms with E-state index in [-0.39, 0.29) is 13.5 Å². The molecule has 4 aromatic heterocycles. The summed E-state index contributed by atoms with van der Waals surface area (Å²) >= 11 is 1.30. The molecule has 6 heterocycles. The Balaban J connectivity index is 0.000000234. The Morgan fingerprint density at radius 3 is 1.58 bits per heavy atom. The number of rotatable bonds is 24. The van der Waals surface area contributed by atoms with E-state index in [9.17, 15) is 40.9 Å². The van der Waals surface area contributed by atoms with E-state index in [2.05, 4.69) is 30.6 Å². The zero-order valence-corrected chi connectivity index (χ0v) is 35.0. The monoisotopic (exact) mass is 894 g/mol. The Hall–Kier alpha value is -3.63. The number of pyridine rings is 2. The first-order valence-electron chi connectivity index (χ1n) is 20.3. The lowest BCUT2D eigenvalue weighted by Crippen LogP contribution is -2.58. The minimum atomic E-state index is -1.35. The third-order valence-electron chi connectivity index (χ3n) is 9.65. The maximum atomic E-state index is 10.0. The summed E-state index contributed by atoms with van der Waals surface area (Å²) in [7, 11) is 0. The van der Waals surface area contributed by atoms with Crippen molar-refractivity contribution in [2.45, 2.75) is 126 Å². The first kappa shape index (κ1) is 49.4. The predicted molar refractivity (Wildman–Crippen MR) is 216 cm³/mol. The summed E-state index contributed by atoms with van der Waals surface area (Å²) in [6, 6.07) is 11.3. The van der Waals surface area contributed by atoms with Gasteiger partial charge in [-0.1, -0.05) is 22.6 Å². The quantitative estimate of drug-likeness (QED) is 0.0378. The fourth-order valence-corrected chi connectivity index (χ4v) is 7.37. The van der Waals surface area contributed by atoms with E-state index in [1.165, 1.54) is 11.8 Å². The number of hydrogen-bond acceptors (Lipinski definition) is 21.